The summed E-state index contributed by atoms with van der Waals surface area (Å²) in [5.41, 5.74) is 0. The Hall–Kier alpha value is 0.766. The van der Waals surface area contributed by atoms with Gasteiger partial charge in [-0.2, -0.15) is 0 Å². The molecule has 5 heteroatoms. The minimum Gasteiger partial charge on any atom is -0.211 e. The van der Waals surface area contributed by atoms with Crippen LogP contribution in [0.1, 0.15) is 19.8 Å². The first kappa shape index (κ1) is 15.8. The van der Waals surface area contributed by atoms with E-state index in [2.05, 4.69) is 4.72 Å². The number of hydrogen-bond acceptors (Lipinski definition) is 2. The molecule has 1 rings (SSSR count). The summed E-state index contributed by atoms with van der Waals surface area (Å²) in [6, 6.07) is 8.41. The standard InChI is InChI=1S/C10H15NO2S.K/c1-2-3-9-11-14(12,13)10-7-5-4-6-8-10;/h4-8,11H,2-3,9H2,1H3;. The summed E-state index contributed by atoms with van der Waals surface area (Å²) in [4.78, 5) is 0.330. The Balaban J connectivity index is 0.00000196. The van der Waals surface area contributed by atoms with Crippen molar-refractivity contribution < 1.29 is 8.42 Å². The van der Waals surface area contributed by atoms with Crippen LogP contribution >= 0.6 is 0 Å². The monoisotopic (exact) mass is 252 g/mol. The molecule has 0 saturated carbocycles. The second-order valence-corrected chi connectivity index (χ2v) is 4.83. The van der Waals surface area contributed by atoms with E-state index in [4.69, 9.17) is 0 Å². The molecule has 0 spiro atoms. The maximum Gasteiger partial charge on any atom is 0.240 e. The van der Waals surface area contributed by atoms with E-state index in [-0.39, 0.29) is 51.4 Å². The zero-order valence-corrected chi connectivity index (χ0v) is 13.2. The minimum absolute atomic E-state index is 0. The summed E-state index contributed by atoms with van der Waals surface area (Å²) in [6.45, 7) is 2.53. The van der Waals surface area contributed by atoms with Crippen molar-refractivity contribution in [3.63, 3.8) is 0 Å². The third kappa shape index (κ3) is 5.58. The Morgan fingerprint density at radius 1 is 1.20 bits per heavy atom. The molecule has 0 aliphatic rings. The van der Waals surface area contributed by atoms with Gasteiger partial charge >= 0.3 is 0 Å². The van der Waals surface area contributed by atoms with Crippen LogP contribution in [0.5, 0.6) is 0 Å². The second-order valence-electron chi connectivity index (χ2n) is 3.06. The Labute approximate surface area is 134 Å². The molecule has 0 atom stereocenters. The Kier molecular flexibility index (Phi) is 8.35. The summed E-state index contributed by atoms with van der Waals surface area (Å²) in [6.07, 6.45) is 1.85. The third-order valence-electron chi connectivity index (χ3n) is 1.88. The predicted octanol–water partition coefficient (Wildman–Crippen LogP) is 1.38. The fourth-order valence-electron chi connectivity index (χ4n) is 1.07. The first-order chi connectivity index (χ1) is 6.67. The first-order valence-corrected chi connectivity index (χ1v) is 6.20. The van der Waals surface area contributed by atoms with Gasteiger partial charge < -0.3 is 0 Å². The topological polar surface area (TPSA) is 46.2 Å². The molecule has 3 nitrogen and oxygen atoms in total. The molecule has 15 heavy (non-hydrogen) atoms. The normalized spacial score (nSPS) is 10.7. The summed E-state index contributed by atoms with van der Waals surface area (Å²) >= 11 is 0. The number of hydrogen-bond donors (Lipinski definition) is 1. The van der Waals surface area contributed by atoms with Gasteiger partial charge in [0.1, 0.15) is 0 Å². The fourth-order valence-corrected chi connectivity index (χ4v) is 2.16. The second kappa shape index (κ2) is 7.95. The van der Waals surface area contributed by atoms with Crippen LogP contribution in [0.4, 0.5) is 0 Å². The van der Waals surface area contributed by atoms with Gasteiger partial charge in [0, 0.05) is 57.9 Å². The van der Waals surface area contributed by atoms with Gasteiger partial charge in [-0.15, -0.1) is 0 Å². The molecule has 1 N–H and O–H groups in total. The minimum atomic E-state index is -3.28. The molecule has 0 fully saturated rings. The summed E-state index contributed by atoms with van der Waals surface area (Å²) < 4.78 is 25.7. The van der Waals surface area contributed by atoms with Crippen molar-refractivity contribution in [3.8, 4) is 0 Å². The van der Waals surface area contributed by atoms with Gasteiger partial charge in [-0.1, -0.05) is 31.5 Å². The number of sulfonamides is 1. The molecule has 1 radical (unpaired) electrons. The molecule has 0 aromatic heterocycles. The average Bonchev–Trinajstić information content (AvgIpc) is 2.19. The number of rotatable bonds is 5. The molecule has 0 aliphatic carbocycles. The van der Waals surface area contributed by atoms with E-state index in [0.29, 0.717) is 11.4 Å². The quantitative estimate of drug-likeness (QED) is 0.636. The predicted molar refractivity (Wildman–Crippen MR) is 62.3 cm³/mol. The van der Waals surface area contributed by atoms with E-state index in [1.807, 2.05) is 6.92 Å². The van der Waals surface area contributed by atoms with Gasteiger partial charge in [0.15, 0.2) is 0 Å². The molecule has 0 saturated heterocycles. The van der Waals surface area contributed by atoms with E-state index >= 15 is 0 Å². The maximum atomic E-state index is 11.6. The summed E-state index contributed by atoms with van der Waals surface area (Å²) in [5.74, 6) is 0. The molecule has 0 aliphatic heterocycles. The van der Waals surface area contributed by atoms with Crippen LogP contribution in [0.2, 0.25) is 0 Å². The molecule has 0 bridgehead atoms. The zero-order valence-electron chi connectivity index (χ0n) is 9.23. The molecule has 1 aromatic rings. The maximum absolute atomic E-state index is 11.6. The van der Waals surface area contributed by atoms with Crippen molar-refractivity contribution in [1.82, 2.24) is 4.72 Å². The average molecular weight is 252 g/mol. The Morgan fingerprint density at radius 2 is 1.80 bits per heavy atom. The first-order valence-electron chi connectivity index (χ1n) is 4.71. The molecule has 79 valence electrons. The largest absolute Gasteiger partial charge is 0.240 e. The van der Waals surface area contributed by atoms with Crippen LogP contribution in [-0.2, 0) is 10.0 Å². The van der Waals surface area contributed by atoms with Crippen molar-refractivity contribution in [2.24, 2.45) is 0 Å². The van der Waals surface area contributed by atoms with Crippen LogP contribution in [0.3, 0.4) is 0 Å². The van der Waals surface area contributed by atoms with Crippen molar-refractivity contribution >= 4 is 61.4 Å². The van der Waals surface area contributed by atoms with Gasteiger partial charge in [-0.05, 0) is 18.6 Å². The van der Waals surface area contributed by atoms with E-state index < -0.39 is 10.0 Å². The van der Waals surface area contributed by atoms with Crippen molar-refractivity contribution in [2.75, 3.05) is 6.54 Å². The van der Waals surface area contributed by atoms with Gasteiger partial charge in [0.2, 0.25) is 10.0 Å². The van der Waals surface area contributed by atoms with E-state index in [0.717, 1.165) is 12.8 Å². The SMILES string of the molecule is CCCCNS(=O)(=O)c1ccccc1.[K]. The van der Waals surface area contributed by atoms with Gasteiger partial charge in [0.05, 0.1) is 4.90 Å². The summed E-state index contributed by atoms with van der Waals surface area (Å²) in [7, 11) is -3.28. The van der Waals surface area contributed by atoms with Crippen LogP contribution in [0.25, 0.3) is 0 Å². The smallest absolute Gasteiger partial charge is 0.211 e. The van der Waals surface area contributed by atoms with Crippen LogP contribution in [0.15, 0.2) is 35.2 Å². The van der Waals surface area contributed by atoms with E-state index in [1.54, 1.807) is 30.3 Å². The van der Waals surface area contributed by atoms with Crippen molar-refractivity contribution in [2.45, 2.75) is 24.7 Å². The van der Waals surface area contributed by atoms with Crippen LogP contribution in [-0.4, -0.2) is 66.3 Å². The van der Waals surface area contributed by atoms with Gasteiger partial charge in [0.25, 0.3) is 0 Å². The zero-order chi connectivity index (χ0) is 10.4. The van der Waals surface area contributed by atoms with Crippen LogP contribution in [0, 0.1) is 0 Å². The Morgan fingerprint density at radius 3 is 2.33 bits per heavy atom. The number of benzene rings is 1. The van der Waals surface area contributed by atoms with E-state index in [1.165, 1.54) is 0 Å². The third-order valence-corrected chi connectivity index (χ3v) is 3.35. The van der Waals surface area contributed by atoms with Crippen molar-refractivity contribution in [3.05, 3.63) is 30.3 Å². The molecular weight excluding hydrogens is 237 g/mol. The molecule has 1 aromatic carbocycles. The van der Waals surface area contributed by atoms with Gasteiger partial charge in [-0.3, -0.25) is 0 Å². The van der Waals surface area contributed by atoms with Crippen LogP contribution < -0.4 is 4.72 Å². The fraction of sp³-hybridized carbons (Fsp3) is 0.400. The number of unbranched alkanes of at least 4 members (excludes halogenated alkanes) is 1. The van der Waals surface area contributed by atoms with Gasteiger partial charge in [-0.25, -0.2) is 13.1 Å². The molecular formula is C10H15KNO2S. The Bertz CT molecular complexity index is 364. The molecule has 0 amide bonds. The van der Waals surface area contributed by atoms with Crippen molar-refractivity contribution in [1.29, 1.82) is 0 Å². The van der Waals surface area contributed by atoms with E-state index in [9.17, 15) is 8.42 Å². The summed E-state index contributed by atoms with van der Waals surface area (Å²) in [5, 5.41) is 0. The molecule has 0 unspecified atom stereocenters. The number of nitrogens with one attached hydrogen (secondary N) is 1. The molecule has 0 heterocycles.